The van der Waals surface area contributed by atoms with Gasteiger partial charge in [-0.1, -0.05) is 35.0 Å². The molecule has 4 aromatic rings. The summed E-state index contributed by atoms with van der Waals surface area (Å²) in [6.07, 6.45) is 2.41. The summed E-state index contributed by atoms with van der Waals surface area (Å²) in [6.45, 7) is 2.57. The molecule has 0 saturated heterocycles. The first kappa shape index (κ1) is 22.7. The number of aromatic nitrogens is 2. The molecule has 8 nitrogen and oxygen atoms in total. The number of para-hydroxylation sites is 1. The van der Waals surface area contributed by atoms with Gasteiger partial charge in [0, 0.05) is 28.7 Å². The zero-order valence-corrected chi connectivity index (χ0v) is 20.2. The Labute approximate surface area is 208 Å². The van der Waals surface area contributed by atoms with Crippen LogP contribution in [0.2, 0.25) is 0 Å². The summed E-state index contributed by atoms with van der Waals surface area (Å²) in [5.74, 6) is 0.0905. The van der Waals surface area contributed by atoms with E-state index in [4.69, 9.17) is 4.98 Å². The zero-order valence-electron chi connectivity index (χ0n) is 18.6. The number of benzene rings is 3. The van der Waals surface area contributed by atoms with Crippen molar-refractivity contribution in [3.8, 4) is 5.69 Å². The van der Waals surface area contributed by atoms with E-state index in [1.807, 2.05) is 25.1 Å². The number of fused-ring (bicyclic) bond motifs is 2. The lowest BCUT2D eigenvalue weighted by Crippen LogP contribution is -2.27. The molecule has 1 aliphatic heterocycles. The lowest BCUT2D eigenvalue weighted by Gasteiger charge is -2.15. The monoisotopic (exact) mass is 530 g/mol. The van der Waals surface area contributed by atoms with Crippen molar-refractivity contribution in [3.63, 3.8) is 0 Å². The first-order valence-corrected chi connectivity index (χ1v) is 11.8. The fourth-order valence-corrected chi connectivity index (χ4v) is 4.62. The van der Waals surface area contributed by atoms with Crippen LogP contribution in [-0.4, -0.2) is 26.9 Å². The molecular weight excluding hydrogens is 512 g/mol. The van der Waals surface area contributed by atoms with Crippen LogP contribution in [0.25, 0.3) is 28.2 Å². The van der Waals surface area contributed by atoms with Crippen molar-refractivity contribution in [1.29, 1.82) is 0 Å². The molecule has 5 rings (SSSR count). The Morgan fingerprint density at radius 3 is 2.51 bits per heavy atom. The van der Waals surface area contributed by atoms with Crippen molar-refractivity contribution >= 4 is 55.8 Å². The van der Waals surface area contributed by atoms with Crippen LogP contribution in [0.15, 0.2) is 76.0 Å². The molecule has 0 atom stereocenters. The average Bonchev–Trinajstić information content (AvgIpc) is 3.10. The predicted molar refractivity (Wildman–Crippen MR) is 139 cm³/mol. The van der Waals surface area contributed by atoms with Crippen LogP contribution in [0.4, 0.5) is 11.4 Å². The van der Waals surface area contributed by atoms with Crippen LogP contribution in [0.3, 0.4) is 0 Å². The number of non-ortho nitro benzene ring substituents is 1. The maximum Gasteiger partial charge on any atom is 0.269 e. The van der Waals surface area contributed by atoms with Crippen molar-refractivity contribution in [2.24, 2.45) is 0 Å². The highest BCUT2D eigenvalue weighted by Gasteiger charge is 2.32. The molecule has 174 valence electrons. The quantitative estimate of drug-likeness (QED) is 0.196. The summed E-state index contributed by atoms with van der Waals surface area (Å²) in [5, 5.41) is 11.5. The van der Waals surface area contributed by atoms with E-state index in [9.17, 15) is 19.7 Å². The van der Waals surface area contributed by atoms with E-state index >= 15 is 0 Å². The molecule has 1 aromatic heterocycles. The molecule has 1 amide bonds. The van der Waals surface area contributed by atoms with Crippen molar-refractivity contribution in [1.82, 2.24) is 9.55 Å². The van der Waals surface area contributed by atoms with E-state index in [-0.39, 0.29) is 23.0 Å². The third kappa shape index (κ3) is 3.93. The summed E-state index contributed by atoms with van der Waals surface area (Å²) in [6, 6.07) is 18.3. The second kappa shape index (κ2) is 8.92. The summed E-state index contributed by atoms with van der Waals surface area (Å²) >= 11 is 3.49. The first-order valence-electron chi connectivity index (χ1n) is 11.0. The highest BCUT2D eigenvalue weighted by molar-refractivity contribution is 9.10. The van der Waals surface area contributed by atoms with Gasteiger partial charge in [0.2, 0.25) is 0 Å². The van der Waals surface area contributed by atoms with Gasteiger partial charge >= 0.3 is 0 Å². The van der Waals surface area contributed by atoms with Crippen molar-refractivity contribution in [2.75, 3.05) is 11.4 Å². The largest absolute Gasteiger partial charge is 0.308 e. The number of amides is 1. The van der Waals surface area contributed by atoms with Gasteiger partial charge < -0.3 is 4.90 Å². The van der Waals surface area contributed by atoms with E-state index in [0.29, 0.717) is 28.7 Å². The molecule has 0 bridgehead atoms. The number of hydrogen-bond acceptors (Lipinski definition) is 5. The van der Waals surface area contributed by atoms with Crippen molar-refractivity contribution < 1.29 is 9.72 Å². The van der Waals surface area contributed by atoms with Crippen LogP contribution >= 0.6 is 15.9 Å². The molecule has 35 heavy (non-hydrogen) atoms. The fourth-order valence-electron chi connectivity index (χ4n) is 4.26. The molecule has 0 radical (unpaired) electrons. The minimum atomic E-state index is -0.498. The smallest absolute Gasteiger partial charge is 0.269 e. The number of rotatable bonds is 5. The predicted octanol–water partition coefficient (Wildman–Crippen LogP) is 5.35. The Hall–Kier alpha value is -4.11. The van der Waals surface area contributed by atoms with E-state index in [2.05, 4.69) is 15.9 Å². The Morgan fingerprint density at radius 2 is 1.80 bits per heavy atom. The number of hydrogen-bond donors (Lipinski definition) is 0. The van der Waals surface area contributed by atoms with Gasteiger partial charge in [-0.05, 0) is 55.0 Å². The highest BCUT2D eigenvalue weighted by atomic mass is 79.9. The van der Waals surface area contributed by atoms with Crippen LogP contribution in [-0.2, 0) is 4.79 Å². The average molecular weight is 531 g/mol. The Bertz CT molecular complexity index is 1590. The maximum atomic E-state index is 13.5. The van der Waals surface area contributed by atoms with Crippen LogP contribution < -0.4 is 10.5 Å². The van der Waals surface area contributed by atoms with E-state index in [1.54, 1.807) is 35.2 Å². The first-order chi connectivity index (χ1) is 16.9. The van der Waals surface area contributed by atoms with E-state index in [1.165, 1.54) is 28.8 Å². The molecule has 0 saturated carbocycles. The normalized spacial score (nSPS) is 14.1. The highest BCUT2D eigenvalue weighted by Crippen LogP contribution is 2.39. The third-order valence-corrected chi connectivity index (χ3v) is 6.35. The number of halogens is 1. The Balaban J connectivity index is 1.77. The molecule has 0 fully saturated rings. The second-order valence-electron chi connectivity index (χ2n) is 8.08. The lowest BCUT2D eigenvalue weighted by molar-refractivity contribution is -0.384. The summed E-state index contributed by atoms with van der Waals surface area (Å²) < 4.78 is 2.21. The molecular formula is C26H19BrN4O4. The van der Waals surface area contributed by atoms with Crippen molar-refractivity contribution in [2.45, 2.75) is 13.3 Å². The van der Waals surface area contributed by atoms with Gasteiger partial charge in [0.05, 0.1) is 32.8 Å². The number of nitrogens with zero attached hydrogens (tertiary/aromatic N) is 4. The molecule has 3 aromatic carbocycles. The Morgan fingerprint density at radius 1 is 1.06 bits per heavy atom. The van der Waals surface area contributed by atoms with Crippen molar-refractivity contribution in [3.05, 3.63) is 103 Å². The fraction of sp³-hybridized carbons (Fsp3) is 0.115. The molecule has 2 heterocycles. The molecule has 9 heteroatoms. The zero-order chi connectivity index (χ0) is 24.7. The minimum Gasteiger partial charge on any atom is -0.308 e. The number of nitro groups is 1. The van der Waals surface area contributed by atoms with E-state index in [0.717, 1.165) is 22.1 Å². The topological polar surface area (TPSA) is 98.3 Å². The third-order valence-electron chi connectivity index (χ3n) is 5.86. The van der Waals surface area contributed by atoms with Gasteiger partial charge in [-0.3, -0.25) is 24.3 Å². The Kier molecular flexibility index (Phi) is 5.78. The van der Waals surface area contributed by atoms with Crippen LogP contribution in [0.5, 0.6) is 0 Å². The van der Waals surface area contributed by atoms with Gasteiger partial charge in [-0.25, -0.2) is 4.98 Å². The van der Waals surface area contributed by atoms with Gasteiger partial charge in [-0.15, -0.1) is 0 Å². The summed E-state index contributed by atoms with van der Waals surface area (Å²) in [4.78, 5) is 44.0. The summed E-state index contributed by atoms with van der Waals surface area (Å²) in [5.41, 5.74) is 2.46. The van der Waals surface area contributed by atoms with E-state index < -0.39 is 4.92 Å². The molecule has 0 N–H and O–H groups in total. The molecule has 0 aliphatic carbocycles. The number of anilines is 1. The van der Waals surface area contributed by atoms with Crippen LogP contribution in [0.1, 0.15) is 24.7 Å². The van der Waals surface area contributed by atoms with Gasteiger partial charge in [0.25, 0.3) is 17.2 Å². The van der Waals surface area contributed by atoms with Gasteiger partial charge in [0.15, 0.2) is 0 Å². The number of nitro benzene ring substituents is 1. The number of carbonyl (C=O) groups is 1. The number of carbonyl (C=O) groups excluding carboxylic acids is 1. The van der Waals surface area contributed by atoms with Gasteiger partial charge in [0.1, 0.15) is 5.82 Å². The lowest BCUT2D eigenvalue weighted by atomic mass is 10.1. The SMILES string of the molecule is CCCN1C(=O)/C(=C/c2nc3ccccc3c(=O)n2-c2ccc([N+](=O)[O-])cc2)c2cc(Br)ccc21. The maximum absolute atomic E-state index is 13.5. The second-order valence-corrected chi connectivity index (χ2v) is 8.99. The van der Waals surface area contributed by atoms with Crippen LogP contribution in [0, 0.1) is 10.1 Å². The molecule has 0 unspecified atom stereocenters. The van der Waals surface area contributed by atoms with Gasteiger partial charge in [-0.2, -0.15) is 0 Å². The standard InChI is InChI=1S/C26H19BrN4O4/c1-2-13-29-23-12-7-16(27)14-20(23)21(25(29)32)15-24-28-22-6-4-3-5-19(22)26(33)30(24)17-8-10-18(11-9-17)31(34)35/h3-12,14-15H,2,13H2,1H3/b21-15+. The molecule has 1 aliphatic rings. The minimum absolute atomic E-state index is 0.0876. The molecule has 0 spiro atoms. The summed E-state index contributed by atoms with van der Waals surface area (Å²) in [7, 11) is 0.